The Morgan fingerprint density at radius 2 is 2.00 bits per heavy atom. The van der Waals surface area contributed by atoms with Crippen LogP contribution in [0.3, 0.4) is 0 Å². The largest absolute Gasteiger partial charge is 0.340 e. The molecule has 1 aliphatic heterocycles. The standard InChI is InChI=1S/C22H23N3O3/c1-15(26)24-12-11-21-19(14-24)18-7-2-3-8-20(18)25(21)13-16-5-4-6-17(10-9-16)22(27)23-28/h2-3,5-10,28H,4,11-14H2,1H3,(H,23,27). The topological polar surface area (TPSA) is 74.6 Å². The van der Waals surface area contributed by atoms with Gasteiger partial charge >= 0.3 is 0 Å². The number of carbonyl (C=O) groups excluding carboxylic acids is 2. The van der Waals surface area contributed by atoms with Gasteiger partial charge in [-0.1, -0.05) is 36.4 Å². The van der Waals surface area contributed by atoms with Crippen molar-refractivity contribution in [1.82, 2.24) is 14.9 Å². The fourth-order valence-electron chi connectivity index (χ4n) is 4.05. The molecule has 2 aromatic rings. The van der Waals surface area contributed by atoms with E-state index in [-0.39, 0.29) is 5.91 Å². The minimum atomic E-state index is -0.501. The Morgan fingerprint density at radius 1 is 1.18 bits per heavy atom. The first-order chi connectivity index (χ1) is 13.6. The smallest absolute Gasteiger partial charge is 0.274 e. The maximum atomic E-state index is 11.9. The summed E-state index contributed by atoms with van der Waals surface area (Å²) in [7, 11) is 0. The lowest BCUT2D eigenvalue weighted by Gasteiger charge is -2.27. The third kappa shape index (κ3) is 3.27. The van der Waals surface area contributed by atoms with Crippen LogP contribution in [0.25, 0.3) is 10.9 Å². The molecule has 6 nitrogen and oxygen atoms in total. The fourth-order valence-corrected chi connectivity index (χ4v) is 4.05. The predicted molar refractivity (Wildman–Crippen MR) is 107 cm³/mol. The van der Waals surface area contributed by atoms with Crippen molar-refractivity contribution in [2.45, 2.75) is 32.9 Å². The van der Waals surface area contributed by atoms with Gasteiger partial charge < -0.3 is 9.47 Å². The minimum Gasteiger partial charge on any atom is -0.340 e. The number of benzene rings is 1. The van der Waals surface area contributed by atoms with Gasteiger partial charge in [-0.3, -0.25) is 14.8 Å². The summed E-state index contributed by atoms with van der Waals surface area (Å²) in [5, 5.41) is 10.0. The van der Waals surface area contributed by atoms with Crippen LogP contribution >= 0.6 is 0 Å². The fraction of sp³-hybridized carbons (Fsp3) is 0.273. The summed E-state index contributed by atoms with van der Waals surface area (Å²) >= 11 is 0. The highest BCUT2D eigenvalue weighted by molar-refractivity contribution is 5.95. The van der Waals surface area contributed by atoms with Gasteiger partial charge in [0, 0.05) is 60.7 Å². The number of nitrogens with zero attached hydrogens (tertiary/aromatic N) is 2. The van der Waals surface area contributed by atoms with E-state index >= 15 is 0 Å². The summed E-state index contributed by atoms with van der Waals surface area (Å²) in [4.78, 5) is 25.4. The Hall–Kier alpha value is -3.12. The molecule has 28 heavy (non-hydrogen) atoms. The van der Waals surface area contributed by atoms with E-state index < -0.39 is 5.91 Å². The molecule has 2 amide bonds. The van der Waals surface area contributed by atoms with E-state index in [0.29, 0.717) is 25.1 Å². The van der Waals surface area contributed by atoms with Crippen LogP contribution in [-0.2, 0) is 29.1 Å². The molecule has 0 spiro atoms. The Kier molecular flexibility index (Phi) is 4.88. The molecule has 2 N–H and O–H groups in total. The second-order valence-corrected chi connectivity index (χ2v) is 7.17. The van der Waals surface area contributed by atoms with E-state index in [9.17, 15) is 9.59 Å². The molecular formula is C22H23N3O3. The van der Waals surface area contributed by atoms with Crippen molar-refractivity contribution < 1.29 is 14.8 Å². The molecule has 0 bridgehead atoms. The van der Waals surface area contributed by atoms with Gasteiger partial charge in [0.1, 0.15) is 0 Å². The van der Waals surface area contributed by atoms with Gasteiger partial charge in [0.15, 0.2) is 0 Å². The quantitative estimate of drug-likeness (QED) is 0.638. The van der Waals surface area contributed by atoms with Crippen molar-refractivity contribution in [3.63, 3.8) is 0 Å². The third-order valence-corrected chi connectivity index (χ3v) is 5.51. The number of allylic oxidation sites excluding steroid dienone is 4. The van der Waals surface area contributed by atoms with Gasteiger partial charge in [0.25, 0.3) is 5.91 Å². The van der Waals surface area contributed by atoms with Crippen LogP contribution in [0, 0.1) is 0 Å². The molecule has 0 fully saturated rings. The highest BCUT2D eigenvalue weighted by atomic mass is 16.5. The lowest BCUT2D eigenvalue weighted by atomic mass is 10.0. The van der Waals surface area contributed by atoms with Crippen molar-refractivity contribution in [3.05, 3.63) is 71.0 Å². The highest BCUT2D eigenvalue weighted by Crippen LogP contribution is 2.32. The maximum absolute atomic E-state index is 11.9. The lowest BCUT2D eigenvalue weighted by Crippen LogP contribution is -2.34. The van der Waals surface area contributed by atoms with Crippen LogP contribution in [0.2, 0.25) is 0 Å². The molecule has 0 atom stereocenters. The molecule has 6 heteroatoms. The summed E-state index contributed by atoms with van der Waals surface area (Å²) in [6, 6.07) is 8.32. The number of aromatic nitrogens is 1. The second-order valence-electron chi connectivity index (χ2n) is 7.17. The first-order valence-electron chi connectivity index (χ1n) is 9.44. The van der Waals surface area contributed by atoms with E-state index in [1.807, 2.05) is 23.1 Å². The van der Waals surface area contributed by atoms with E-state index in [4.69, 9.17) is 5.21 Å². The summed E-state index contributed by atoms with van der Waals surface area (Å²) in [6.07, 6.45) is 9.02. The van der Waals surface area contributed by atoms with Gasteiger partial charge in [-0.15, -0.1) is 0 Å². The Labute approximate surface area is 163 Å². The molecule has 4 rings (SSSR count). The number of hydroxylamine groups is 1. The summed E-state index contributed by atoms with van der Waals surface area (Å²) in [6.45, 7) is 3.71. The van der Waals surface area contributed by atoms with Crippen molar-refractivity contribution in [2.75, 3.05) is 6.54 Å². The molecule has 144 valence electrons. The average Bonchev–Trinajstić information content (AvgIpc) is 2.85. The zero-order valence-electron chi connectivity index (χ0n) is 15.8. The maximum Gasteiger partial charge on any atom is 0.274 e. The number of amides is 2. The first kappa shape index (κ1) is 18.3. The van der Waals surface area contributed by atoms with Crippen molar-refractivity contribution in [2.24, 2.45) is 0 Å². The van der Waals surface area contributed by atoms with E-state index in [1.54, 1.807) is 24.6 Å². The zero-order chi connectivity index (χ0) is 19.7. The first-order valence-corrected chi connectivity index (χ1v) is 9.44. The van der Waals surface area contributed by atoms with Gasteiger partial charge in [0.2, 0.25) is 5.91 Å². The Bertz CT molecular complexity index is 1040. The predicted octanol–water partition coefficient (Wildman–Crippen LogP) is 2.86. The second kappa shape index (κ2) is 7.48. The van der Waals surface area contributed by atoms with E-state index in [1.165, 1.54) is 16.6 Å². The van der Waals surface area contributed by atoms with Crippen molar-refractivity contribution in [1.29, 1.82) is 0 Å². The SMILES string of the molecule is CC(=O)N1CCc2c(c3ccccc3n2CC2=CCC=C(C(=O)NO)C=C2)C1. The highest BCUT2D eigenvalue weighted by Gasteiger charge is 2.25. The van der Waals surface area contributed by atoms with Crippen LogP contribution in [-0.4, -0.2) is 33.0 Å². The number of para-hydroxylation sites is 1. The number of carbonyl (C=O) groups is 2. The molecule has 2 heterocycles. The number of nitrogens with one attached hydrogen (secondary N) is 1. The van der Waals surface area contributed by atoms with E-state index in [0.717, 1.165) is 24.1 Å². The monoisotopic (exact) mass is 377 g/mol. The molecule has 0 unspecified atom stereocenters. The number of hydrogen-bond donors (Lipinski definition) is 2. The molecule has 0 saturated carbocycles. The van der Waals surface area contributed by atoms with Gasteiger partial charge in [-0.05, 0) is 24.1 Å². The number of hydrogen-bond acceptors (Lipinski definition) is 3. The molecule has 0 radical (unpaired) electrons. The van der Waals surface area contributed by atoms with Crippen LogP contribution in [0.4, 0.5) is 0 Å². The van der Waals surface area contributed by atoms with E-state index in [2.05, 4.69) is 22.8 Å². The lowest BCUT2D eigenvalue weighted by molar-refractivity contribution is -0.129. The molecule has 2 aliphatic rings. The summed E-state index contributed by atoms with van der Waals surface area (Å²) < 4.78 is 2.33. The third-order valence-electron chi connectivity index (χ3n) is 5.51. The Morgan fingerprint density at radius 3 is 2.79 bits per heavy atom. The van der Waals surface area contributed by atoms with Crippen LogP contribution in [0.1, 0.15) is 24.6 Å². The minimum absolute atomic E-state index is 0.109. The van der Waals surface area contributed by atoms with Crippen molar-refractivity contribution in [3.8, 4) is 0 Å². The number of fused-ring (bicyclic) bond motifs is 3. The molecule has 1 aliphatic carbocycles. The summed E-state index contributed by atoms with van der Waals surface area (Å²) in [5.41, 5.74) is 6.91. The van der Waals surface area contributed by atoms with Gasteiger partial charge in [0.05, 0.1) is 0 Å². The molecule has 0 saturated heterocycles. The molecular weight excluding hydrogens is 354 g/mol. The number of rotatable bonds is 3. The van der Waals surface area contributed by atoms with Crippen LogP contribution in [0.15, 0.2) is 59.7 Å². The molecule has 1 aromatic carbocycles. The zero-order valence-corrected chi connectivity index (χ0v) is 15.8. The van der Waals surface area contributed by atoms with Crippen LogP contribution in [0.5, 0.6) is 0 Å². The molecule has 1 aromatic heterocycles. The Balaban J connectivity index is 1.68. The normalized spacial score (nSPS) is 16.3. The summed E-state index contributed by atoms with van der Waals surface area (Å²) in [5.74, 6) is -0.392. The van der Waals surface area contributed by atoms with Crippen molar-refractivity contribution >= 4 is 22.7 Å². The average molecular weight is 377 g/mol. The van der Waals surface area contributed by atoms with Gasteiger partial charge in [-0.2, -0.15) is 0 Å². The van der Waals surface area contributed by atoms with Gasteiger partial charge in [-0.25, -0.2) is 5.48 Å². The van der Waals surface area contributed by atoms with Crippen LogP contribution < -0.4 is 5.48 Å².